The van der Waals surface area contributed by atoms with E-state index < -0.39 is 17.1 Å². The lowest BCUT2D eigenvalue weighted by atomic mass is 10.0. The topological polar surface area (TPSA) is 127 Å². The minimum atomic E-state index is -0.734. The van der Waals surface area contributed by atoms with E-state index in [1.165, 1.54) is 0 Å². The van der Waals surface area contributed by atoms with Gasteiger partial charge in [-0.3, -0.25) is 0 Å². The van der Waals surface area contributed by atoms with Crippen molar-refractivity contribution < 1.29 is 15.3 Å². The third-order valence-electron chi connectivity index (χ3n) is 8.24. The van der Waals surface area contributed by atoms with Gasteiger partial charge in [0.2, 0.25) is 0 Å². The van der Waals surface area contributed by atoms with Crippen LogP contribution >= 0.6 is 0 Å². The molecule has 0 unspecified atom stereocenters. The molecule has 4 rings (SSSR count). The molecule has 3 N–H and O–H groups in total. The number of phenols is 3. The fourth-order valence-electron chi connectivity index (χ4n) is 5.55. The van der Waals surface area contributed by atoms with Gasteiger partial charge in [-0.25, -0.2) is 28.1 Å². The van der Waals surface area contributed by atoms with Crippen LogP contribution in [0.25, 0.3) is 0 Å². The molecule has 0 saturated heterocycles. The SMILES string of the molecule is CCCCc1cc(Cn2c(=O)n(Cc3ccc(O)c(CCCC)c3)c(=O)n(Cc3ccc(O)c(CCCC)c3)c2=O)ccc1O. The van der Waals surface area contributed by atoms with Crippen molar-refractivity contribution in [2.45, 2.75) is 98.2 Å². The maximum Gasteiger partial charge on any atom is 0.336 e. The molecule has 1 aromatic heterocycles. The fraction of sp³-hybridized carbons (Fsp3) is 0.417. The summed E-state index contributed by atoms with van der Waals surface area (Å²) in [6.07, 6.45) is 7.50. The molecule has 0 atom stereocenters. The average molecular weight is 616 g/mol. The average Bonchev–Trinajstić information content (AvgIpc) is 3.03. The van der Waals surface area contributed by atoms with Crippen LogP contribution in [0.3, 0.4) is 0 Å². The largest absolute Gasteiger partial charge is 0.508 e. The van der Waals surface area contributed by atoms with Gasteiger partial charge in [-0.1, -0.05) is 76.4 Å². The summed E-state index contributed by atoms with van der Waals surface area (Å²) in [5, 5.41) is 31.1. The predicted octanol–water partition coefficient (Wildman–Crippen LogP) is 5.46. The molecule has 0 aliphatic rings. The monoisotopic (exact) mass is 615 g/mol. The van der Waals surface area contributed by atoms with Crippen molar-refractivity contribution in [3.63, 3.8) is 0 Å². The van der Waals surface area contributed by atoms with E-state index in [4.69, 9.17) is 0 Å². The molecule has 240 valence electrons. The zero-order valence-corrected chi connectivity index (χ0v) is 26.6. The first-order valence-electron chi connectivity index (χ1n) is 16.0. The zero-order valence-electron chi connectivity index (χ0n) is 26.6. The number of phenolic OH excluding ortho intramolecular Hbond substituents is 3. The van der Waals surface area contributed by atoms with E-state index in [1.54, 1.807) is 54.6 Å². The van der Waals surface area contributed by atoms with Crippen LogP contribution < -0.4 is 17.1 Å². The molecule has 4 aromatic rings. The minimum absolute atomic E-state index is 0.0774. The highest BCUT2D eigenvalue weighted by Crippen LogP contribution is 2.23. The summed E-state index contributed by atoms with van der Waals surface area (Å²) in [7, 11) is 0. The van der Waals surface area contributed by atoms with Crippen LogP contribution in [0.15, 0.2) is 69.0 Å². The van der Waals surface area contributed by atoms with E-state index in [0.29, 0.717) is 36.0 Å². The number of aromatic hydroxyl groups is 3. The Morgan fingerprint density at radius 1 is 0.467 bits per heavy atom. The molecular formula is C36H45N3O6. The maximum atomic E-state index is 13.9. The van der Waals surface area contributed by atoms with Gasteiger partial charge in [0.15, 0.2) is 0 Å². The molecule has 0 saturated carbocycles. The molecule has 45 heavy (non-hydrogen) atoms. The zero-order chi connectivity index (χ0) is 32.5. The molecule has 0 amide bonds. The van der Waals surface area contributed by atoms with Gasteiger partial charge in [-0.2, -0.15) is 0 Å². The summed E-state index contributed by atoms with van der Waals surface area (Å²) in [6, 6.07) is 15.2. The molecule has 0 fully saturated rings. The Hall–Kier alpha value is -4.53. The lowest BCUT2D eigenvalue weighted by molar-refractivity contribution is 0.464. The van der Waals surface area contributed by atoms with Crippen molar-refractivity contribution in [3.05, 3.63) is 119 Å². The molecule has 0 spiro atoms. The van der Waals surface area contributed by atoms with E-state index >= 15 is 0 Å². The third kappa shape index (κ3) is 8.15. The summed E-state index contributed by atoms with van der Waals surface area (Å²) in [5.41, 5.74) is 2.00. The normalized spacial score (nSPS) is 11.3. The third-order valence-corrected chi connectivity index (χ3v) is 8.24. The van der Waals surface area contributed by atoms with Crippen molar-refractivity contribution in [1.29, 1.82) is 0 Å². The van der Waals surface area contributed by atoms with Crippen molar-refractivity contribution in [2.75, 3.05) is 0 Å². The summed E-state index contributed by atoms with van der Waals surface area (Å²) < 4.78 is 3.19. The number of benzene rings is 3. The summed E-state index contributed by atoms with van der Waals surface area (Å²) in [6.45, 7) is 5.96. The van der Waals surface area contributed by atoms with Crippen LogP contribution in [0.5, 0.6) is 17.2 Å². The highest BCUT2D eigenvalue weighted by Gasteiger charge is 2.18. The number of unbranched alkanes of at least 4 members (excludes halogenated alkanes) is 3. The first-order valence-corrected chi connectivity index (χ1v) is 16.0. The second-order valence-electron chi connectivity index (χ2n) is 11.8. The number of hydrogen-bond donors (Lipinski definition) is 3. The Balaban J connectivity index is 1.83. The van der Waals surface area contributed by atoms with Gasteiger partial charge in [-0.05, 0) is 90.1 Å². The Morgan fingerprint density at radius 2 is 0.733 bits per heavy atom. The molecule has 0 aliphatic heterocycles. The van der Waals surface area contributed by atoms with Crippen molar-refractivity contribution in [2.24, 2.45) is 0 Å². The lowest BCUT2D eigenvalue weighted by Crippen LogP contribution is -2.54. The molecule has 9 heteroatoms. The highest BCUT2D eigenvalue weighted by atomic mass is 16.3. The first-order chi connectivity index (χ1) is 21.7. The van der Waals surface area contributed by atoms with Crippen LogP contribution in [-0.2, 0) is 38.9 Å². The maximum absolute atomic E-state index is 13.9. The fourth-order valence-corrected chi connectivity index (χ4v) is 5.55. The number of rotatable bonds is 15. The molecule has 0 radical (unpaired) electrons. The number of nitrogens with zero attached hydrogens (tertiary/aromatic N) is 3. The van der Waals surface area contributed by atoms with E-state index in [2.05, 4.69) is 20.8 Å². The Morgan fingerprint density at radius 3 is 0.978 bits per heavy atom. The number of aromatic nitrogens is 3. The molecule has 9 nitrogen and oxygen atoms in total. The van der Waals surface area contributed by atoms with E-state index in [0.717, 1.165) is 68.9 Å². The number of hydrogen-bond acceptors (Lipinski definition) is 6. The second kappa shape index (κ2) is 15.5. The van der Waals surface area contributed by atoms with E-state index in [9.17, 15) is 29.7 Å². The molecule has 0 bridgehead atoms. The van der Waals surface area contributed by atoms with Gasteiger partial charge in [-0.15, -0.1) is 0 Å². The van der Waals surface area contributed by atoms with Crippen LogP contribution in [0.2, 0.25) is 0 Å². The second-order valence-corrected chi connectivity index (χ2v) is 11.8. The highest BCUT2D eigenvalue weighted by molar-refractivity contribution is 5.38. The van der Waals surface area contributed by atoms with Crippen molar-refractivity contribution in [1.82, 2.24) is 13.7 Å². The summed E-state index contributed by atoms with van der Waals surface area (Å²) in [5.74, 6) is 0.498. The van der Waals surface area contributed by atoms with Crippen molar-refractivity contribution in [3.8, 4) is 17.2 Å². The van der Waals surface area contributed by atoms with E-state index in [1.807, 2.05) is 0 Å². The predicted molar refractivity (Wildman–Crippen MR) is 177 cm³/mol. The van der Waals surface area contributed by atoms with Crippen LogP contribution in [0, 0.1) is 0 Å². The van der Waals surface area contributed by atoms with Crippen LogP contribution in [0.4, 0.5) is 0 Å². The molecule has 0 aliphatic carbocycles. The standard InChI is InChI=1S/C36H45N3O6/c1-4-7-10-28-19-25(13-16-31(28)40)22-37-34(43)38(23-26-14-17-32(41)29(20-26)11-8-5-2)36(45)39(35(37)44)24-27-15-18-33(42)30(21-27)12-9-6-3/h13-21,40-42H,4-12,22-24H2,1-3H3. The Labute approximate surface area is 263 Å². The van der Waals surface area contributed by atoms with Crippen molar-refractivity contribution >= 4 is 0 Å². The Kier molecular flexibility index (Phi) is 11.5. The van der Waals surface area contributed by atoms with Gasteiger partial charge in [0.25, 0.3) is 0 Å². The van der Waals surface area contributed by atoms with Gasteiger partial charge in [0, 0.05) is 0 Å². The van der Waals surface area contributed by atoms with Gasteiger partial charge in [0.1, 0.15) is 17.2 Å². The minimum Gasteiger partial charge on any atom is -0.508 e. The van der Waals surface area contributed by atoms with Gasteiger partial charge in [0.05, 0.1) is 19.6 Å². The molecule has 1 heterocycles. The number of aryl methyl sites for hydroxylation is 3. The van der Waals surface area contributed by atoms with E-state index in [-0.39, 0.29) is 36.9 Å². The van der Waals surface area contributed by atoms with Crippen LogP contribution in [0.1, 0.15) is 92.7 Å². The van der Waals surface area contributed by atoms with Crippen LogP contribution in [-0.4, -0.2) is 29.0 Å². The molecular weight excluding hydrogens is 570 g/mol. The van der Waals surface area contributed by atoms with Gasteiger partial charge < -0.3 is 15.3 Å². The molecule has 3 aromatic carbocycles. The summed E-state index contributed by atoms with van der Waals surface area (Å²) >= 11 is 0. The lowest BCUT2D eigenvalue weighted by Gasteiger charge is -2.16. The summed E-state index contributed by atoms with van der Waals surface area (Å²) in [4.78, 5) is 41.6. The van der Waals surface area contributed by atoms with Gasteiger partial charge >= 0.3 is 17.1 Å². The first kappa shape index (κ1) is 33.4. The smallest absolute Gasteiger partial charge is 0.336 e. The quantitative estimate of drug-likeness (QED) is 0.163. The Bertz CT molecular complexity index is 1560.